The van der Waals surface area contributed by atoms with Crippen molar-refractivity contribution in [3.63, 3.8) is 0 Å². The van der Waals surface area contributed by atoms with E-state index in [0.717, 1.165) is 0 Å². The van der Waals surface area contributed by atoms with Crippen molar-refractivity contribution in [2.45, 2.75) is 13.1 Å². The van der Waals surface area contributed by atoms with Gasteiger partial charge in [0.2, 0.25) is 5.91 Å². The van der Waals surface area contributed by atoms with E-state index in [-0.39, 0.29) is 42.0 Å². The molecule has 2 aromatic rings. The fourth-order valence-electron chi connectivity index (χ4n) is 2.58. The van der Waals surface area contributed by atoms with Gasteiger partial charge in [-0.1, -0.05) is 18.2 Å². The lowest BCUT2D eigenvalue weighted by atomic mass is 10.2. The molecule has 0 saturated heterocycles. The molecule has 0 aromatic heterocycles. The molecule has 0 heterocycles. The predicted molar refractivity (Wildman–Crippen MR) is 120 cm³/mol. The third-order valence-electron chi connectivity index (χ3n) is 4.03. The zero-order valence-electron chi connectivity index (χ0n) is 17.0. The van der Waals surface area contributed by atoms with Crippen molar-refractivity contribution >= 4 is 57.8 Å². The summed E-state index contributed by atoms with van der Waals surface area (Å²) in [5.74, 6) is -2.27. The van der Waals surface area contributed by atoms with E-state index in [1.807, 2.05) is 6.07 Å². The topological polar surface area (TPSA) is 71.0 Å². The molecule has 1 N–H and O–H groups in total. The SMILES string of the molecule is CC(CCl)=Nc1cc(NC(=O)C(F)(F)F)ccc1N(CCOc1ccccc1)C(=O)CCl. The molecule has 0 bridgehead atoms. The number of carbonyl (C=O) groups is 2. The van der Waals surface area contributed by atoms with Crippen LogP contribution >= 0.6 is 23.2 Å². The van der Waals surface area contributed by atoms with Crippen LogP contribution in [0.1, 0.15) is 6.92 Å². The molecule has 2 rings (SSSR count). The van der Waals surface area contributed by atoms with Gasteiger partial charge in [-0.2, -0.15) is 13.2 Å². The maximum absolute atomic E-state index is 12.6. The maximum Gasteiger partial charge on any atom is 0.471 e. The van der Waals surface area contributed by atoms with Gasteiger partial charge in [0.05, 0.1) is 23.8 Å². The fourth-order valence-corrected chi connectivity index (χ4v) is 2.78. The number of hydrogen-bond donors (Lipinski definition) is 1. The van der Waals surface area contributed by atoms with Gasteiger partial charge in [-0.15, -0.1) is 23.2 Å². The molecular weight excluding hydrogens is 470 g/mol. The molecule has 2 aromatic carbocycles. The molecule has 0 aliphatic rings. The smallest absolute Gasteiger partial charge is 0.471 e. The standard InChI is InChI=1S/C21H20Cl2F3N3O3/c1-14(12-22)27-17-11-15(28-20(31)21(24,25)26)7-8-18(17)29(19(30)13-23)9-10-32-16-5-3-2-4-6-16/h2-8,11H,9-10,12-13H2,1H3,(H,28,31). The van der Waals surface area contributed by atoms with Crippen LogP contribution in [0.15, 0.2) is 53.5 Å². The van der Waals surface area contributed by atoms with E-state index >= 15 is 0 Å². The summed E-state index contributed by atoms with van der Waals surface area (Å²) in [6, 6.07) is 12.8. The number of para-hydroxylation sites is 1. The first-order valence-corrected chi connectivity index (χ1v) is 10.4. The van der Waals surface area contributed by atoms with E-state index in [1.165, 1.54) is 23.1 Å². The normalized spacial score (nSPS) is 11.8. The lowest BCUT2D eigenvalue weighted by molar-refractivity contribution is -0.167. The number of halogens is 5. The number of alkyl halides is 5. The molecule has 0 aliphatic carbocycles. The van der Waals surface area contributed by atoms with Crippen molar-refractivity contribution in [3.8, 4) is 5.75 Å². The first-order valence-electron chi connectivity index (χ1n) is 9.32. The Kier molecular flexibility index (Phi) is 9.34. The van der Waals surface area contributed by atoms with E-state index in [1.54, 1.807) is 36.5 Å². The lowest BCUT2D eigenvalue weighted by Gasteiger charge is -2.24. The first-order chi connectivity index (χ1) is 15.2. The second kappa shape index (κ2) is 11.7. The number of hydrogen-bond acceptors (Lipinski definition) is 4. The van der Waals surface area contributed by atoms with Gasteiger partial charge in [-0.3, -0.25) is 14.6 Å². The van der Waals surface area contributed by atoms with Crippen molar-refractivity contribution in [3.05, 3.63) is 48.5 Å². The summed E-state index contributed by atoms with van der Waals surface area (Å²) in [6.07, 6.45) is -5.05. The van der Waals surface area contributed by atoms with E-state index in [4.69, 9.17) is 27.9 Å². The second-order valence-corrected chi connectivity index (χ2v) is 7.01. The number of ether oxygens (including phenoxy) is 1. The third-order valence-corrected chi connectivity index (χ3v) is 4.64. The van der Waals surface area contributed by atoms with Crippen LogP contribution < -0.4 is 15.0 Å². The van der Waals surface area contributed by atoms with Crippen molar-refractivity contribution in [1.82, 2.24) is 0 Å². The Balaban J connectivity index is 2.35. The summed E-state index contributed by atoms with van der Waals surface area (Å²) in [7, 11) is 0. The molecule has 32 heavy (non-hydrogen) atoms. The lowest BCUT2D eigenvalue weighted by Crippen LogP contribution is -2.35. The minimum Gasteiger partial charge on any atom is -0.492 e. The van der Waals surface area contributed by atoms with Crippen LogP contribution in [0.25, 0.3) is 0 Å². The van der Waals surface area contributed by atoms with Gasteiger partial charge < -0.3 is 15.0 Å². The average Bonchev–Trinajstić information content (AvgIpc) is 2.77. The van der Waals surface area contributed by atoms with Gasteiger partial charge in [0.1, 0.15) is 18.2 Å². The van der Waals surface area contributed by atoms with Crippen LogP contribution in [0.4, 0.5) is 30.2 Å². The number of aliphatic imine (C=N–C) groups is 1. The number of amides is 2. The van der Waals surface area contributed by atoms with Crippen LogP contribution in [0.5, 0.6) is 5.75 Å². The number of rotatable bonds is 9. The Bertz CT molecular complexity index is 970. The Morgan fingerprint density at radius 3 is 2.38 bits per heavy atom. The molecule has 0 radical (unpaired) electrons. The van der Waals surface area contributed by atoms with Crippen molar-refractivity contribution in [1.29, 1.82) is 0 Å². The van der Waals surface area contributed by atoms with Gasteiger partial charge >= 0.3 is 12.1 Å². The van der Waals surface area contributed by atoms with E-state index in [9.17, 15) is 22.8 Å². The molecule has 172 valence electrons. The van der Waals surface area contributed by atoms with E-state index < -0.39 is 18.0 Å². The maximum atomic E-state index is 12.6. The van der Waals surface area contributed by atoms with Crippen LogP contribution in [-0.4, -0.2) is 48.6 Å². The highest BCUT2D eigenvalue weighted by Gasteiger charge is 2.38. The third kappa shape index (κ3) is 7.42. The van der Waals surface area contributed by atoms with Gasteiger partial charge in [-0.05, 0) is 37.3 Å². The zero-order chi connectivity index (χ0) is 23.7. The number of benzene rings is 2. The quantitative estimate of drug-likeness (QED) is 0.390. The second-order valence-electron chi connectivity index (χ2n) is 6.48. The largest absolute Gasteiger partial charge is 0.492 e. The molecule has 0 unspecified atom stereocenters. The summed E-state index contributed by atoms with van der Waals surface area (Å²) < 4.78 is 43.4. The Morgan fingerprint density at radius 2 is 1.78 bits per heavy atom. The fraction of sp³-hybridized carbons (Fsp3) is 0.286. The molecule has 0 atom stereocenters. The van der Waals surface area contributed by atoms with Crippen LogP contribution in [-0.2, 0) is 9.59 Å². The summed E-state index contributed by atoms with van der Waals surface area (Å²) in [6.45, 7) is 1.83. The van der Waals surface area contributed by atoms with Crippen LogP contribution in [0.3, 0.4) is 0 Å². The predicted octanol–water partition coefficient (Wildman–Crippen LogP) is 5.17. The summed E-state index contributed by atoms with van der Waals surface area (Å²) in [5, 5.41) is 1.77. The minimum atomic E-state index is -5.05. The Labute approximate surface area is 193 Å². The van der Waals surface area contributed by atoms with Crippen molar-refractivity contribution in [2.75, 3.05) is 35.1 Å². The van der Waals surface area contributed by atoms with E-state index in [0.29, 0.717) is 11.5 Å². The molecule has 0 aliphatic heterocycles. The average molecular weight is 490 g/mol. The Morgan fingerprint density at radius 1 is 1.09 bits per heavy atom. The highest BCUT2D eigenvalue weighted by molar-refractivity contribution is 6.30. The number of carbonyl (C=O) groups excluding carboxylic acids is 2. The summed E-state index contributed by atoms with van der Waals surface area (Å²) >= 11 is 11.5. The highest BCUT2D eigenvalue weighted by atomic mass is 35.5. The van der Waals surface area contributed by atoms with Gasteiger partial charge in [0.25, 0.3) is 0 Å². The molecular formula is C21H20Cl2F3N3O3. The number of nitrogens with zero attached hydrogens (tertiary/aromatic N) is 2. The monoisotopic (exact) mass is 489 g/mol. The van der Waals surface area contributed by atoms with Gasteiger partial charge in [-0.25, -0.2) is 0 Å². The van der Waals surface area contributed by atoms with Crippen molar-refractivity contribution in [2.24, 2.45) is 4.99 Å². The van der Waals surface area contributed by atoms with Gasteiger partial charge in [0.15, 0.2) is 0 Å². The molecule has 11 heteroatoms. The molecule has 0 spiro atoms. The van der Waals surface area contributed by atoms with Gasteiger partial charge in [0, 0.05) is 11.4 Å². The number of anilines is 2. The summed E-state index contributed by atoms with van der Waals surface area (Å²) in [5.41, 5.74) is 0.727. The Hall–Kier alpha value is -2.78. The molecule has 6 nitrogen and oxygen atoms in total. The highest BCUT2D eigenvalue weighted by Crippen LogP contribution is 2.33. The minimum absolute atomic E-state index is 0.0547. The summed E-state index contributed by atoms with van der Waals surface area (Å²) in [4.78, 5) is 29.4. The number of nitrogens with one attached hydrogen (secondary N) is 1. The molecule has 0 fully saturated rings. The van der Waals surface area contributed by atoms with Crippen molar-refractivity contribution < 1.29 is 27.5 Å². The first kappa shape index (κ1) is 25.5. The van der Waals surface area contributed by atoms with Crippen LogP contribution in [0, 0.1) is 0 Å². The van der Waals surface area contributed by atoms with E-state index in [2.05, 4.69) is 4.99 Å². The zero-order valence-corrected chi connectivity index (χ0v) is 18.5. The molecule has 0 saturated carbocycles. The molecule has 2 amide bonds. The van der Waals surface area contributed by atoms with Crippen LogP contribution in [0.2, 0.25) is 0 Å².